The molecule has 2 amide bonds. The monoisotopic (exact) mass is 331 g/mol. The SMILES string of the molecule is CNCC(C)C(=O)NCC(=O)N1CCC(Cc2ccccc2)CC1. The van der Waals surface area contributed by atoms with Gasteiger partial charge in [-0.1, -0.05) is 37.3 Å². The van der Waals surface area contributed by atoms with Crippen molar-refractivity contribution in [1.82, 2.24) is 15.5 Å². The lowest BCUT2D eigenvalue weighted by molar-refractivity contribution is -0.134. The Morgan fingerprint density at radius 1 is 1.21 bits per heavy atom. The Balaban J connectivity index is 1.70. The molecule has 0 aromatic heterocycles. The Bertz CT molecular complexity index is 525. The van der Waals surface area contributed by atoms with E-state index in [1.807, 2.05) is 24.9 Å². The molecule has 24 heavy (non-hydrogen) atoms. The molecule has 1 fully saturated rings. The van der Waals surface area contributed by atoms with Gasteiger partial charge >= 0.3 is 0 Å². The Labute approximate surface area is 144 Å². The van der Waals surface area contributed by atoms with Crippen molar-refractivity contribution >= 4 is 11.8 Å². The van der Waals surface area contributed by atoms with Crippen LogP contribution in [0.25, 0.3) is 0 Å². The van der Waals surface area contributed by atoms with Crippen molar-refractivity contribution in [2.24, 2.45) is 11.8 Å². The number of piperidine rings is 1. The second-order valence-electron chi connectivity index (χ2n) is 6.69. The van der Waals surface area contributed by atoms with Gasteiger partial charge < -0.3 is 15.5 Å². The van der Waals surface area contributed by atoms with E-state index in [1.54, 1.807) is 0 Å². The van der Waals surface area contributed by atoms with Crippen LogP contribution in [-0.4, -0.2) is 49.9 Å². The third-order valence-electron chi connectivity index (χ3n) is 4.71. The minimum atomic E-state index is -0.126. The van der Waals surface area contributed by atoms with Gasteiger partial charge in [0.2, 0.25) is 11.8 Å². The number of carbonyl (C=O) groups is 2. The lowest BCUT2D eigenvalue weighted by Gasteiger charge is -2.32. The van der Waals surface area contributed by atoms with Crippen molar-refractivity contribution in [1.29, 1.82) is 0 Å². The molecule has 1 atom stereocenters. The van der Waals surface area contributed by atoms with Gasteiger partial charge in [-0.15, -0.1) is 0 Å². The van der Waals surface area contributed by atoms with Gasteiger partial charge in [-0.3, -0.25) is 9.59 Å². The molecule has 0 bridgehead atoms. The summed E-state index contributed by atoms with van der Waals surface area (Å²) in [6.07, 6.45) is 3.15. The number of benzene rings is 1. The van der Waals surface area contributed by atoms with Crippen molar-refractivity contribution in [3.05, 3.63) is 35.9 Å². The number of rotatable bonds is 7. The van der Waals surface area contributed by atoms with E-state index < -0.39 is 0 Å². The average molecular weight is 331 g/mol. The molecule has 1 unspecified atom stereocenters. The normalized spacial score (nSPS) is 16.7. The molecule has 1 saturated heterocycles. The van der Waals surface area contributed by atoms with Gasteiger partial charge in [-0.25, -0.2) is 0 Å². The summed E-state index contributed by atoms with van der Waals surface area (Å²) in [6.45, 7) is 4.16. The third-order valence-corrected chi connectivity index (χ3v) is 4.71. The molecule has 0 radical (unpaired) electrons. The molecule has 1 aliphatic heterocycles. The van der Waals surface area contributed by atoms with Crippen LogP contribution in [0.1, 0.15) is 25.3 Å². The van der Waals surface area contributed by atoms with Crippen LogP contribution in [0.5, 0.6) is 0 Å². The number of carbonyl (C=O) groups excluding carboxylic acids is 2. The van der Waals surface area contributed by atoms with Crippen LogP contribution in [-0.2, 0) is 16.0 Å². The van der Waals surface area contributed by atoms with Crippen LogP contribution in [0, 0.1) is 11.8 Å². The van der Waals surface area contributed by atoms with Crippen LogP contribution in [0.3, 0.4) is 0 Å². The first-order valence-electron chi connectivity index (χ1n) is 8.84. The van der Waals surface area contributed by atoms with E-state index in [-0.39, 0.29) is 24.3 Å². The average Bonchev–Trinajstić information content (AvgIpc) is 2.61. The number of hydrogen-bond donors (Lipinski definition) is 2. The van der Waals surface area contributed by atoms with Crippen LogP contribution >= 0.6 is 0 Å². The van der Waals surface area contributed by atoms with Gasteiger partial charge in [-0.2, -0.15) is 0 Å². The first-order valence-corrected chi connectivity index (χ1v) is 8.84. The zero-order valence-electron chi connectivity index (χ0n) is 14.8. The van der Waals surface area contributed by atoms with Crippen molar-refractivity contribution in [3.8, 4) is 0 Å². The highest BCUT2D eigenvalue weighted by molar-refractivity contribution is 5.85. The van der Waals surface area contributed by atoms with Gasteiger partial charge in [0.05, 0.1) is 6.54 Å². The molecule has 0 saturated carbocycles. The minimum Gasteiger partial charge on any atom is -0.347 e. The summed E-state index contributed by atoms with van der Waals surface area (Å²) in [7, 11) is 1.81. The fraction of sp³-hybridized carbons (Fsp3) is 0.579. The molecule has 0 aliphatic carbocycles. The molecule has 1 aromatic carbocycles. The lowest BCUT2D eigenvalue weighted by Crippen LogP contribution is -2.45. The Morgan fingerprint density at radius 2 is 1.88 bits per heavy atom. The van der Waals surface area contributed by atoms with Crippen LogP contribution in [0.2, 0.25) is 0 Å². The topological polar surface area (TPSA) is 61.4 Å². The smallest absolute Gasteiger partial charge is 0.241 e. The van der Waals surface area contributed by atoms with Gasteiger partial charge in [0, 0.05) is 25.6 Å². The maximum absolute atomic E-state index is 12.2. The summed E-state index contributed by atoms with van der Waals surface area (Å²) < 4.78 is 0. The summed E-state index contributed by atoms with van der Waals surface area (Å²) in [5, 5.41) is 5.71. The summed E-state index contributed by atoms with van der Waals surface area (Å²) in [4.78, 5) is 26.0. The molecule has 132 valence electrons. The van der Waals surface area contributed by atoms with Gasteiger partial charge in [0.15, 0.2) is 0 Å². The summed E-state index contributed by atoms with van der Waals surface area (Å²) in [5.74, 6) is 0.468. The molecular formula is C19H29N3O2. The van der Waals surface area contributed by atoms with E-state index >= 15 is 0 Å². The number of nitrogens with zero attached hydrogens (tertiary/aromatic N) is 1. The Hall–Kier alpha value is -1.88. The zero-order chi connectivity index (χ0) is 17.4. The van der Waals surface area contributed by atoms with E-state index in [9.17, 15) is 9.59 Å². The van der Waals surface area contributed by atoms with E-state index in [1.165, 1.54) is 5.56 Å². The summed E-state index contributed by atoms with van der Waals surface area (Å²) >= 11 is 0. The molecule has 5 heteroatoms. The highest BCUT2D eigenvalue weighted by Crippen LogP contribution is 2.21. The van der Waals surface area contributed by atoms with Crippen molar-refractivity contribution in [2.45, 2.75) is 26.2 Å². The Morgan fingerprint density at radius 3 is 2.50 bits per heavy atom. The van der Waals surface area contributed by atoms with Gasteiger partial charge in [0.25, 0.3) is 0 Å². The maximum atomic E-state index is 12.2. The first kappa shape index (κ1) is 18.5. The molecule has 1 heterocycles. The molecule has 5 nitrogen and oxygen atoms in total. The molecule has 0 spiro atoms. The number of hydrogen-bond acceptors (Lipinski definition) is 3. The van der Waals surface area contributed by atoms with E-state index in [2.05, 4.69) is 34.9 Å². The van der Waals surface area contributed by atoms with Crippen LogP contribution in [0.15, 0.2) is 30.3 Å². The van der Waals surface area contributed by atoms with E-state index in [4.69, 9.17) is 0 Å². The number of amides is 2. The highest BCUT2D eigenvalue weighted by atomic mass is 16.2. The fourth-order valence-electron chi connectivity index (χ4n) is 3.18. The molecule has 1 aliphatic rings. The maximum Gasteiger partial charge on any atom is 0.241 e. The molecule has 1 aromatic rings. The standard InChI is InChI=1S/C19H29N3O2/c1-15(13-20-2)19(24)21-14-18(23)22-10-8-17(9-11-22)12-16-6-4-3-5-7-16/h3-7,15,17,20H,8-14H2,1-2H3,(H,21,24). The fourth-order valence-corrected chi connectivity index (χ4v) is 3.18. The number of nitrogens with one attached hydrogen (secondary N) is 2. The largest absolute Gasteiger partial charge is 0.347 e. The minimum absolute atomic E-state index is 0.0261. The number of likely N-dealkylation sites (tertiary alicyclic amines) is 1. The first-order chi connectivity index (χ1) is 11.6. The lowest BCUT2D eigenvalue weighted by atomic mass is 9.90. The van der Waals surface area contributed by atoms with E-state index in [0.717, 1.165) is 32.4 Å². The van der Waals surface area contributed by atoms with Gasteiger partial charge in [0.1, 0.15) is 0 Å². The summed E-state index contributed by atoms with van der Waals surface area (Å²) in [5.41, 5.74) is 1.37. The summed E-state index contributed by atoms with van der Waals surface area (Å²) in [6, 6.07) is 10.5. The van der Waals surface area contributed by atoms with E-state index in [0.29, 0.717) is 12.5 Å². The van der Waals surface area contributed by atoms with Crippen molar-refractivity contribution in [3.63, 3.8) is 0 Å². The molecule has 2 rings (SSSR count). The second kappa shape index (κ2) is 9.42. The highest BCUT2D eigenvalue weighted by Gasteiger charge is 2.23. The quantitative estimate of drug-likeness (QED) is 0.795. The van der Waals surface area contributed by atoms with Crippen molar-refractivity contribution in [2.75, 3.05) is 33.2 Å². The second-order valence-corrected chi connectivity index (χ2v) is 6.69. The third kappa shape index (κ3) is 5.64. The predicted molar refractivity (Wildman–Crippen MR) is 95.6 cm³/mol. The predicted octanol–water partition coefficient (Wildman–Crippen LogP) is 1.44. The van der Waals surface area contributed by atoms with Crippen LogP contribution < -0.4 is 10.6 Å². The van der Waals surface area contributed by atoms with Crippen molar-refractivity contribution < 1.29 is 9.59 Å². The molecular weight excluding hydrogens is 302 g/mol. The van der Waals surface area contributed by atoms with Crippen LogP contribution in [0.4, 0.5) is 0 Å². The molecule has 2 N–H and O–H groups in total. The van der Waals surface area contributed by atoms with Gasteiger partial charge in [-0.05, 0) is 37.8 Å². The zero-order valence-corrected chi connectivity index (χ0v) is 14.8. The Kier molecular flexibility index (Phi) is 7.25.